The Kier molecular flexibility index (Phi) is 4.63. The Balaban J connectivity index is 1.34. The van der Waals surface area contributed by atoms with Crippen LogP contribution in [0.1, 0.15) is 30.3 Å². The Labute approximate surface area is 148 Å². The van der Waals surface area contributed by atoms with Crippen LogP contribution in [0.2, 0.25) is 0 Å². The molecule has 0 amide bonds. The van der Waals surface area contributed by atoms with E-state index >= 15 is 0 Å². The van der Waals surface area contributed by atoms with Crippen LogP contribution in [0.5, 0.6) is 0 Å². The number of aromatic nitrogens is 5. The van der Waals surface area contributed by atoms with E-state index in [0.717, 1.165) is 69.4 Å². The highest BCUT2D eigenvalue weighted by molar-refractivity contribution is 5.41. The number of nitrogens with two attached hydrogens (primary N) is 1. The average Bonchev–Trinajstić information content (AvgIpc) is 3.10. The van der Waals surface area contributed by atoms with E-state index in [9.17, 15) is 0 Å². The van der Waals surface area contributed by atoms with Crippen molar-refractivity contribution >= 4 is 5.82 Å². The molecule has 1 aliphatic carbocycles. The maximum atomic E-state index is 5.93. The second kappa shape index (κ2) is 7.05. The van der Waals surface area contributed by atoms with Gasteiger partial charge in [0.1, 0.15) is 24.3 Å². The summed E-state index contributed by atoms with van der Waals surface area (Å²) in [6.45, 7) is 7.96. The number of anilines is 1. The molecule has 1 aliphatic heterocycles. The van der Waals surface area contributed by atoms with Gasteiger partial charge in [-0.1, -0.05) is 0 Å². The number of hydrogen-bond acceptors (Lipinski definition) is 7. The third-order valence-corrected chi connectivity index (χ3v) is 5.25. The summed E-state index contributed by atoms with van der Waals surface area (Å²) in [6, 6.07) is 2.52. The Morgan fingerprint density at radius 2 is 1.92 bits per heavy atom. The van der Waals surface area contributed by atoms with E-state index in [2.05, 4.69) is 35.9 Å². The van der Waals surface area contributed by atoms with Crippen LogP contribution < -0.4 is 10.6 Å². The molecule has 1 saturated heterocycles. The van der Waals surface area contributed by atoms with Crippen molar-refractivity contribution in [3.8, 4) is 0 Å². The molecule has 0 spiro atoms. The molecule has 2 aliphatic rings. The second-order valence-electron chi connectivity index (χ2n) is 7.11. The number of hydrogen-bond donors (Lipinski definition) is 1. The minimum absolute atomic E-state index is 0.345. The normalized spacial score (nSPS) is 24.3. The Morgan fingerprint density at radius 1 is 1.12 bits per heavy atom. The molecule has 0 aromatic carbocycles. The number of piperazine rings is 1. The zero-order valence-corrected chi connectivity index (χ0v) is 14.8. The number of nitrogens with zero attached hydrogens (tertiary/aromatic N) is 7. The highest BCUT2D eigenvalue weighted by atomic mass is 15.3. The van der Waals surface area contributed by atoms with Crippen LogP contribution in [0.25, 0.3) is 0 Å². The maximum absolute atomic E-state index is 5.93. The van der Waals surface area contributed by atoms with Crippen LogP contribution in [-0.2, 0) is 6.54 Å². The summed E-state index contributed by atoms with van der Waals surface area (Å²) in [5, 5.41) is 4.16. The van der Waals surface area contributed by atoms with E-state index in [-0.39, 0.29) is 0 Å². The molecular formula is C17H26N8. The summed E-state index contributed by atoms with van der Waals surface area (Å²) in [6.07, 6.45) is 5.45. The summed E-state index contributed by atoms with van der Waals surface area (Å²) in [7, 11) is 0. The van der Waals surface area contributed by atoms with E-state index in [1.54, 1.807) is 12.7 Å². The van der Waals surface area contributed by atoms with Crippen molar-refractivity contribution in [1.82, 2.24) is 29.6 Å². The molecule has 0 unspecified atom stereocenters. The van der Waals surface area contributed by atoms with Gasteiger partial charge in [-0.2, -0.15) is 5.10 Å². The topological polar surface area (TPSA) is 89.0 Å². The van der Waals surface area contributed by atoms with Crippen LogP contribution in [-0.4, -0.2) is 68.4 Å². The van der Waals surface area contributed by atoms with Crippen LogP contribution in [0.3, 0.4) is 0 Å². The predicted octanol–water partition coefficient (Wildman–Crippen LogP) is 0.403. The van der Waals surface area contributed by atoms with E-state index in [1.165, 1.54) is 0 Å². The Bertz CT molecular complexity index is 687. The van der Waals surface area contributed by atoms with Crippen LogP contribution in [0, 0.1) is 6.92 Å². The minimum Gasteiger partial charge on any atom is -0.354 e. The van der Waals surface area contributed by atoms with Crippen molar-refractivity contribution in [3.05, 3.63) is 30.2 Å². The molecule has 25 heavy (non-hydrogen) atoms. The van der Waals surface area contributed by atoms with Gasteiger partial charge in [0.05, 0.1) is 6.54 Å². The fourth-order valence-electron chi connectivity index (χ4n) is 3.64. The first-order valence-electron chi connectivity index (χ1n) is 9.08. The largest absolute Gasteiger partial charge is 0.354 e. The molecule has 3 heterocycles. The fourth-order valence-corrected chi connectivity index (χ4v) is 3.64. The molecule has 0 bridgehead atoms. The van der Waals surface area contributed by atoms with Gasteiger partial charge < -0.3 is 10.6 Å². The van der Waals surface area contributed by atoms with Gasteiger partial charge in [-0.25, -0.2) is 15.0 Å². The standard InChI is InChI=1S/C17H26N8/c1-13-21-16(14-8-15(18)9-14)10-17(22-13)24-5-2-23(3-6-24)4-7-25-12-19-11-20-25/h10-12,14-15H,2-9,18H2,1H3. The van der Waals surface area contributed by atoms with Crippen LogP contribution in [0.15, 0.2) is 18.7 Å². The molecule has 2 aromatic heterocycles. The third kappa shape index (κ3) is 3.80. The van der Waals surface area contributed by atoms with Gasteiger partial charge in [0.15, 0.2) is 0 Å². The summed E-state index contributed by atoms with van der Waals surface area (Å²) in [5.41, 5.74) is 7.10. The van der Waals surface area contributed by atoms with E-state index < -0.39 is 0 Å². The molecule has 2 N–H and O–H groups in total. The van der Waals surface area contributed by atoms with E-state index in [4.69, 9.17) is 5.73 Å². The van der Waals surface area contributed by atoms with Crippen molar-refractivity contribution in [2.24, 2.45) is 5.73 Å². The quantitative estimate of drug-likeness (QED) is 0.841. The molecule has 2 aromatic rings. The van der Waals surface area contributed by atoms with Gasteiger partial charge in [0.25, 0.3) is 0 Å². The van der Waals surface area contributed by atoms with E-state index in [1.807, 2.05) is 11.6 Å². The molecule has 0 radical (unpaired) electrons. The fraction of sp³-hybridized carbons (Fsp3) is 0.647. The van der Waals surface area contributed by atoms with Crippen molar-refractivity contribution in [3.63, 3.8) is 0 Å². The van der Waals surface area contributed by atoms with Crippen molar-refractivity contribution in [2.45, 2.75) is 38.3 Å². The molecule has 8 nitrogen and oxygen atoms in total. The smallest absolute Gasteiger partial charge is 0.137 e. The number of rotatable bonds is 5. The Morgan fingerprint density at radius 3 is 2.60 bits per heavy atom. The molecule has 8 heteroatoms. The first-order valence-corrected chi connectivity index (χ1v) is 9.08. The van der Waals surface area contributed by atoms with Crippen LogP contribution in [0.4, 0.5) is 5.82 Å². The van der Waals surface area contributed by atoms with Gasteiger partial charge in [0, 0.05) is 56.4 Å². The lowest BCUT2D eigenvalue weighted by molar-refractivity contribution is 0.244. The first-order chi connectivity index (χ1) is 12.2. The Hall–Kier alpha value is -2.06. The summed E-state index contributed by atoms with van der Waals surface area (Å²) in [5.74, 6) is 2.44. The van der Waals surface area contributed by atoms with Gasteiger partial charge in [-0.15, -0.1) is 0 Å². The summed E-state index contributed by atoms with van der Waals surface area (Å²) >= 11 is 0. The average molecular weight is 342 g/mol. The first kappa shape index (κ1) is 16.4. The van der Waals surface area contributed by atoms with Crippen LogP contribution >= 0.6 is 0 Å². The predicted molar refractivity (Wildman–Crippen MR) is 95.4 cm³/mol. The molecule has 2 fully saturated rings. The SMILES string of the molecule is Cc1nc(C2CC(N)C2)cc(N2CCN(CCn3cncn3)CC2)n1. The van der Waals surface area contributed by atoms with Gasteiger partial charge in [-0.3, -0.25) is 9.58 Å². The molecule has 134 valence electrons. The van der Waals surface area contributed by atoms with Crippen molar-refractivity contribution in [1.29, 1.82) is 0 Å². The van der Waals surface area contributed by atoms with Gasteiger partial charge in [-0.05, 0) is 19.8 Å². The van der Waals surface area contributed by atoms with Gasteiger partial charge in [0.2, 0.25) is 0 Å². The zero-order valence-electron chi connectivity index (χ0n) is 14.8. The monoisotopic (exact) mass is 342 g/mol. The second-order valence-corrected chi connectivity index (χ2v) is 7.11. The van der Waals surface area contributed by atoms with Crippen molar-refractivity contribution in [2.75, 3.05) is 37.6 Å². The lowest BCUT2D eigenvalue weighted by Crippen LogP contribution is -2.47. The van der Waals surface area contributed by atoms with Crippen molar-refractivity contribution < 1.29 is 0 Å². The maximum Gasteiger partial charge on any atom is 0.137 e. The molecular weight excluding hydrogens is 316 g/mol. The minimum atomic E-state index is 0.345. The number of aryl methyl sites for hydroxylation is 1. The van der Waals surface area contributed by atoms with Gasteiger partial charge >= 0.3 is 0 Å². The molecule has 1 saturated carbocycles. The third-order valence-electron chi connectivity index (χ3n) is 5.25. The highest BCUT2D eigenvalue weighted by Gasteiger charge is 2.29. The van der Waals surface area contributed by atoms with E-state index in [0.29, 0.717) is 12.0 Å². The molecule has 0 atom stereocenters. The summed E-state index contributed by atoms with van der Waals surface area (Å²) in [4.78, 5) is 18.1. The lowest BCUT2D eigenvalue weighted by Gasteiger charge is -2.36. The lowest BCUT2D eigenvalue weighted by atomic mass is 9.78. The zero-order chi connectivity index (χ0) is 17.2. The summed E-state index contributed by atoms with van der Waals surface area (Å²) < 4.78 is 1.88. The molecule has 4 rings (SSSR count). The highest BCUT2D eigenvalue weighted by Crippen LogP contribution is 2.35.